The van der Waals surface area contributed by atoms with Crippen LogP contribution in [0.5, 0.6) is 0 Å². The highest BCUT2D eigenvalue weighted by Crippen LogP contribution is 2.36. The Balaban J connectivity index is 2.00. The molecule has 92 valence electrons. The van der Waals surface area contributed by atoms with Crippen molar-refractivity contribution >= 4 is 5.82 Å². The number of aryl methyl sites for hydroxylation is 1. The number of anilines is 1. The molecule has 0 saturated carbocycles. The molecule has 3 heterocycles. The summed E-state index contributed by atoms with van der Waals surface area (Å²) in [6, 6.07) is 1.11. The summed E-state index contributed by atoms with van der Waals surface area (Å²) >= 11 is 0. The van der Waals surface area contributed by atoms with Crippen LogP contribution < -0.4 is 16.2 Å². The van der Waals surface area contributed by atoms with Gasteiger partial charge in [0.25, 0.3) is 5.56 Å². The first kappa shape index (κ1) is 10.8. The van der Waals surface area contributed by atoms with Gasteiger partial charge in [0.15, 0.2) is 5.82 Å². The molecule has 5 heteroatoms. The minimum Gasteiger partial charge on any atom is -0.346 e. The van der Waals surface area contributed by atoms with Crippen LogP contribution in [0.3, 0.4) is 0 Å². The lowest BCUT2D eigenvalue weighted by Gasteiger charge is -2.38. The molecule has 17 heavy (non-hydrogen) atoms. The topological polar surface area (TPSA) is 64.2 Å². The SMILES string of the molecule is Cn1ccnc(N2C3CCC2CC(N)C3)c1=O. The maximum Gasteiger partial charge on any atom is 0.293 e. The molecule has 0 amide bonds. The minimum atomic E-state index is -0.000119. The molecule has 5 nitrogen and oxygen atoms in total. The van der Waals surface area contributed by atoms with Gasteiger partial charge in [-0.05, 0) is 25.7 Å². The highest BCUT2D eigenvalue weighted by Gasteiger charge is 2.41. The van der Waals surface area contributed by atoms with Crippen LogP contribution in [0.15, 0.2) is 17.2 Å². The summed E-state index contributed by atoms with van der Waals surface area (Å²) < 4.78 is 1.59. The molecule has 1 aromatic rings. The molecule has 3 rings (SSSR count). The van der Waals surface area contributed by atoms with Crippen molar-refractivity contribution in [1.29, 1.82) is 0 Å². The van der Waals surface area contributed by atoms with E-state index >= 15 is 0 Å². The molecule has 0 spiro atoms. The molecular weight excluding hydrogens is 216 g/mol. The van der Waals surface area contributed by atoms with E-state index < -0.39 is 0 Å². The normalized spacial score (nSPS) is 31.9. The summed E-state index contributed by atoms with van der Waals surface area (Å²) in [5.74, 6) is 0.606. The second kappa shape index (κ2) is 3.84. The van der Waals surface area contributed by atoms with E-state index in [2.05, 4.69) is 9.88 Å². The van der Waals surface area contributed by atoms with E-state index in [0.717, 1.165) is 25.7 Å². The van der Waals surface area contributed by atoms with Crippen LogP contribution in [0.1, 0.15) is 25.7 Å². The average Bonchev–Trinajstić information content (AvgIpc) is 2.55. The number of hydrogen-bond acceptors (Lipinski definition) is 4. The summed E-state index contributed by atoms with van der Waals surface area (Å²) in [6.07, 6.45) is 7.64. The van der Waals surface area contributed by atoms with Crippen molar-refractivity contribution in [2.45, 2.75) is 43.8 Å². The average molecular weight is 234 g/mol. The molecule has 2 aliphatic heterocycles. The van der Waals surface area contributed by atoms with Crippen molar-refractivity contribution in [3.8, 4) is 0 Å². The van der Waals surface area contributed by atoms with Gasteiger partial charge in [-0.1, -0.05) is 0 Å². The van der Waals surface area contributed by atoms with Crippen molar-refractivity contribution in [3.05, 3.63) is 22.7 Å². The fourth-order valence-corrected chi connectivity index (χ4v) is 3.23. The van der Waals surface area contributed by atoms with E-state index in [1.165, 1.54) is 0 Å². The van der Waals surface area contributed by atoms with Crippen molar-refractivity contribution < 1.29 is 0 Å². The van der Waals surface area contributed by atoms with Gasteiger partial charge in [0, 0.05) is 37.6 Å². The number of hydrogen-bond donors (Lipinski definition) is 1. The van der Waals surface area contributed by atoms with E-state index in [1.807, 2.05) is 0 Å². The van der Waals surface area contributed by atoms with Gasteiger partial charge in [-0.25, -0.2) is 4.98 Å². The molecule has 2 aliphatic rings. The predicted molar refractivity (Wildman–Crippen MR) is 66.0 cm³/mol. The summed E-state index contributed by atoms with van der Waals surface area (Å²) in [7, 11) is 1.77. The standard InChI is InChI=1S/C12H18N4O/c1-15-5-4-14-11(12(15)17)16-9-2-3-10(16)7-8(13)6-9/h4-5,8-10H,2-3,6-7,13H2,1H3. The van der Waals surface area contributed by atoms with Crippen molar-refractivity contribution in [3.63, 3.8) is 0 Å². The first-order valence-electron chi connectivity index (χ1n) is 6.22. The van der Waals surface area contributed by atoms with Gasteiger partial charge in [0.1, 0.15) is 0 Å². The third kappa shape index (κ3) is 1.65. The highest BCUT2D eigenvalue weighted by molar-refractivity contribution is 5.42. The number of rotatable bonds is 1. The largest absolute Gasteiger partial charge is 0.346 e. The van der Waals surface area contributed by atoms with E-state index in [9.17, 15) is 4.79 Å². The van der Waals surface area contributed by atoms with E-state index in [4.69, 9.17) is 5.73 Å². The predicted octanol–water partition coefficient (Wildman–Crippen LogP) is 0.239. The van der Waals surface area contributed by atoms with Crippen molar-refractivity contribution in [2.24, 2.45) is 12.8 Å². The van der Waals surface area contributed by atoms with Crippen LogP contribution in [0.2, 0.25) is 0 Å². The number of nitrogens with two attached hydrogens (primary N) is 1. The van der Waals surface area contributed by atoms with Gasteiger partial charge in [-0.2, -0.15) is 0 Å². The zero-order valence-electron chi connectivity index (χ0n) is 10.0. The molecule has 0 aromatic carbocycles. The second-order valence-electron chi connectivity index (χ2n) is 5.19. The molecule has 2 atom stereocenters. The van der Waals surface area contributed by atoms with Crippen LogP contribution >= 0.6 is 0 Å². The second-order valence-corrected chi connectivity index (χ2v) is 5.19. The van der Waals surface area contributed by atoms with Crippen molar-refractivity contribution in [2.75, 3.05) is 4.90 Å². The van der Waals surface area contributed by atoms with Crippen molar-refractivity contribution in [1.82, 2.24) is 9.55 Å². The quantitative estimate of drug-likeness (QED) is 0.756. The van der Waals surface area contributed by atoms with E-state index in [0.29, 0.717) is 17.9 Å². The zero-order chi connectivity index (χ0) is 12.0. The highest BCUT2D eigenvalue weighted by atomic mass is 16.1. The number of fused-ring (bicyclic) bond motifs is 2. The first-order chi connectivity index (χ1) is 8.16. The Hall–Kier alpha value is -1.36. The minimum absolute atomic E-state index is 0.000119. The number of piperidine rings is 1. The summed E-state index contributed by atoms with van der Waals surface area (Å²) in [4.78, 5) is 18.6. The van der Waals surface area contributed by atoms with Gasteiger partial charge in [0.2, 0.25) is 0 Å². The Kier molecular flexibility index (Phi) is 2.43. The first-order valence-corrected chi connectivity index (χ1v) is 6.22. The Bertz CT molecular complexity index is 470. The summed E-state index contributed by atoms with van der Waals surface area (Å²) in [5.41, 5.74) is 6.03. The Labute approximate surface area is 100 Å². The third-order valence-electron chi connectivity index (χ3n) is 4.01. The molecule has 2 saturated heterocycles. The molecular formula is C12H18N4O. The van der Waals surface area contributed by atoms with Crippen LogP contribution in [-0.4, -0.2) is 27.7 Å². The fourth-order valence-electron chi connectivity index (χ4n) is 3.23. The lowest BCUT2D eigenvalue weighted by atomic mass is 9.98. The van der Waals surface area contributed by atoms with Gasteiger partial charge in [0.05, 0.1) is 0 Å². The summed E-state index contributed by atoms with van der Waals surface area (Å²) in [5, 5.41) is 0. The Morgan fingerprint density at radius 3 is 2.65 bits per heavy atom. The molecule has 0 aliphatic carbocycles. The Morgan fingerprint density at radius 2 is 2.00 bits per heavy atom. The molecule has 2 N–H and O–H groups in total. The smallest absolute Gasteiger partial charge is 0.293 e. The van der Waals surface area contributed by atoms with Crippen LogP contribution in [0.4, 0.5) is 5.82 Å². The summed E-state index contributed by atoms with van der Waals surface area (Å²) in [6.45, 7) is 0. The molecule has 1 aromatic heterocycles. The van der Waals surface area contributed by atoms with Gasteiger partial charge in [-0.15, -0.1) is 0 Å². The maximum atomic E-state index is 12.1. The fraction of sp³-hybridized carbons (Fsp3) is 0.667. The lowest BCUT2D eigenvalue weighted by Crippen LogP contribution is -2.50. The van der Waals surface area contributed by atoms with Gasteiger partial charge < -0.3 is 15.2 Å². The number of aromatic nitrogens is 2. The van der Waals surface area contributed by atoms with E-state index in [-0.39, 0.29) is 11.6 Å². The van der Waals surface area contributed by atoms with Gasteiger partial charge >= 0.3 is 0 Å². The monoisotopic (exact) mass is 234 g/mol. The molecule has 2 bridgehead atoms. The van der Waals surface area contributed by atoms with Crippen LogP contribution in [0, 0.1) is 0 Å². The maximum absolute atomic E-state index is 12.1. The van der Waals surface area contributed by atoms with Crippen LogP contribution in [0.25, 0.3) is 0 Å². The molecule has 2 unspecified atom stereocenters. The third-order valence-corrected chi connectivity index (χ3v) is 4.01. The van der Waals surface area contributed by atoms with Gasteiger partial charge in [-0.3, -0.25) is 4.79 Å². The lowest BCUT2D eigenvalue weighted by molar-refractivity contribution is 0.410. The Morgan fingerprint density at radius 1 is 1.35 bits per heavy atom. The van der Waals surface area contributed by atoms with E-state index in [1.54, 1.807) is 24.0 Å². The number of nitrogens with zero attached hydrogens (tertiary/aromatic N) is 3. The zero-order valence-corrected chi connectivity index (χ0v) is 10.0. The molecule has 0 radical (unpaired) electrons. The van der Waals surface area contributed by atoms with Crippen LogP contribution in [-0.2, 0) is 7.05 Å². The molecule has 2 fully saturated rings.